The fourth-order valence-corrected chi connectivity index (χ4v) is 4.62. The van der Waals surface area contributed by atoms with Crippen LogP contribution < -0.4 is 4.90 Å². The summed E-state index contributed by atoms with van der Waals surface area (Å²) in [6.07, 6.45) is 4.14. The number of pyridine rings is 1. The molecule has 1 aliphatic rings. The molecule has 1 aliphatic heterocycles. The standard InChI is InChI=1S/C26H20F2N6O/c1-2-22(35)34-10-9-33(14-18(34)7-8-29)26-21-13-30-24(23(28)25(21)31-15-32-26)20-12-17(27)11-16-5-3-4-6-19(16)20/h2-6,11-13,15,18H,1,7,9-10,14H2/t18-/m0/s1. The number of hydrogen-bond acceptors (Lipinski definition) is 6. The smallest absolute Gasteiger partial charge is 0.246 e. The first-order valence-corrected chi connectivity index (χ1v) is 11.0. The Kier molecular flexibility index (Phi) is 5.79. The number of nitrogens with zero attached hydrogens (tertiary/aromatic N) is 6. The number of nitriles is 1. The van der Waals surface area contributed by atoms with E-state index in [1.807, 2.05) is 4.90 Å². The van der Waals surface area contributed by atoms with Gasteiger partial charge in [0.1, 0.15) is 29.2 Å². The summed E-state index contributed by atoms with van der Waals surface area (Å²) in [5.41, 5.74) is 0.405. The molecule has 4 aromatic rings. The predicted molar refractivity (Wildman–Crippen MR) is 128 cm³/mol. The van der Waals surface area contributed by atoms with E-state index < -0.39 is 11.6 Å². The van der Waals surface area contributed by atoms with Gasteiger partial charge in [0.15, 0.2) is 5.82 Å². The molecule has 2 aromatic carbocycles. The summed E-state index contributed by atoms with van der Waals surface area (Å²) in [5.74, 6) is -0.933. The minimum atomic E-state index is -0.670. The van der Waals surface area contributed by atoms with Crippen LogP contribution in [0.15, 0.2) is 61.6 Å². The van der Waals surface area contributed by atoms with Crippen LogP contribution in [0.3, 0.4) is 0 Å². The van der Waals surface area contributed by atoms with E-state index in [1.54, 1.807) is 29.2 Å². The molecule has 1 saturated heterocycles. The molecule has 3 heterocycles. The van der Waals surface area contributed by atoms with Gasteiger partial charge in [-0.25, -0.2) is 18.7 Å². The van der Waals surface area contributed by atoms with E-state index in [4.69, 9.17) is 0 Å². The average molecular weight is 470 g/mol. The topological polar surface area (TPSA) is 86.0 Å². The Morgan fingerprint density at radius 1 is 1.17 bits per heavy atom. The molecule has 0 bridgehead atoms. The van der Waals surface area contributed by atoms with E-state index in [-0.39, 0.29) is 29.6 Å². The Balaban J connectivity index is 1.58. The van der Waals surface area contributed by atoms with Gasteiger partial charge in [0.2, 0.25) is 5.91 Å². The number of hydrogen-bond donors (Lipinski definition) is 0. The Labute approximate surface area is 200 Å². The number of rotatable bonds is 4. The van der Waals surface area contributed by atoms with Gasteiger partial charge in [-0.2, -0.15) is 5.26 Å². The van der Waals surface area contributed by atoms with Gasteiger partial charge in [-0.15, -0.1) is 0 Å². The molecule has 1 atom stereocenters. The maximum absolute atomic E-state index is 15.8. The molecule has 0 unspecified atom stereocenters. The first-order chi connectivity index (χ1) is 17.0. The van der Waals surface area contributed by atoms with Gasteiger partial charge in [0, 0.05) is 31.4 Å². The first-order valence-electron chi connectivity index (χ1n) is 11.0. The van der Waals surface area contributed by atoms with Crippen molar-refractivity contribution in [1.29, 1.82) is 5.26 Å². The Hall–Kier alpha value is -4.45. The van der Waals surface area contributed by atoms with Crippen LogP contribution in [0.2, 0.25) is 0 Å². The Bertz CT molecular complexity index is 1520. The van der Waals surface area contributed by atoms with Crippen LogP contribution in [0.5, 0.6) is 0 Å². The molecular weight excluding hydrogens is 450 g/mol. The second-order valence-electron chi connectivity index (χ2n) is 8.25. The minimum Gasteiger partial charge on any atom is -0.352 e. The number of amides is 1. The molecule has 174 valence electrons. The highest BCUT2D eigenvalue weighted by atomic mass is 19.1. The minimum absolute atomic E-state index is 0.00149. The number of carbonyl (C=O) groups is 1. The zero-order valence-electron chi connectivity index (χ0n) is 18.7. The Morgan fingerprint density at radius 2 is 2.00 bits per heavy atom. The third-order valence-corrected chi connectivity index (χ3v) is 6.25. The van der Waals surface area contributed by atoms with Crippen LogP contribution in [0, 0.1) is 23.0 Å². The number of halogens is 2. The molecule has 0 radical (unpaired) electrons. The lowest BCUT2D eigenvalue weighted by molar-refractivity contribution is -0.128. The van der Waals surface area contributed by atoms with E-state index in [1.165, 1.54) is 30.7 Å². The molecule has 9 heteroatoms. The number of carbonyl (C=O) groups excluding carboxylic acids is 1. The van der Waals surface area contributed by atoms with E-state index in [0.29, 0.717) is 47.2 Å². The lowest BCUT2D eigenvalue weighted by Crippen LogP contribution is -2.55. The lowest BCUT2D eigenvalue weighted by atomic mass is 10.0. The zero-order chi connectivity index (χ0) is 24.5. The maximum atomic E-state index is 15.8. The molecule has 1 fully saturated rings. The van der Waals surface area contributed by atoms with Crippen molar-refractivity contribution in [2.24, 2.45) is 0 Å². The SMILES string of the molecule is C=CC(=O)N1CCN(c2ncnc3c(F)c(-c4cc(F)cc5ccccc45)ncc23)C[C@@H]1CC#N. The maximum Gasteiger partial charge on any atom is 0.246 e. The normalized spacial score (nSPS) is 15.9. The summed E-state index contributed by atoms with van der Waals surface area (Å²) in [5, 5.41) is 11.0. The highest BCUT2D eigenvalue weighted by Gasteiger charge is 2.31. The molecule has 0 aliphatic carbocycles. The molecule has 35 heavy (non-hydrogen) atoms. The fraction of sp³-hybridized carbons (Fsp3) is 0.192. The van der Waals surface area contributed by atoms with Crippen LogP contribution in [-0.2, 0) is 4.79 Å². The second-order valence-corrected chi connectivity index (χ2v) is 8.25. The Morgan fingerprint density at radius 3 is 2.80 bits per heavy atom. The van der Waals surface area contributed by atoms with Gasteiger partial charge >= 0.3 is 0 Å². The summed E-state index contributed by atoms with van der Waals surface area (Å²) in [6.45, 7) is 4.68. The zero-order valence-corrected chi connectivity index (χ0v) is 18.7. The number of aromatic nitrogens is 3. The second kappa shape index (κ2) is 9.06. The van der Waals surface area contributed by atoms with Gasteiger partial charge < -0.3 is 9.80 Å². The van der Waals surface area contributed by atoms with E-state index >= 15 is 4.39 Å². The predicted octanol–water partition coefficient (Wildman–Crippen LogP) is 4.24. The number of piperazine rings is 1. The van der Waals surface area contributed by atoms with Crippen LogP contribution in [0.4, 0.5) is 14.6 Å². The van der Waals surface area contributed by atoms with E-state index in [9.17, 15) is 14.4 Å². The summed E-state index contributed by atoms with van der Waals surface area (Å²) < 4.78 is 30.1. The van der Waals surface area contributed by atoms with Crippen LogP contribution >= 0.6 is 0 Å². The molecular formula is C26H20F2N6O. The molecule has 2 aromatic heterocycles. The fourth-order valence-electron chi connectivity index (χ4n) is 4.62. The summed E-state index contributed by atoms with van der Waals surface area (Å²) in [4.78, 5) is 28.6. The van der Waals surface area contributed by atoms with Gasteiger partial charge in [-0.3, -0.25) is 9.78 Å². The monoisotopic (exact) mass is 470 g/mol. The average Bonchev–Trinajstić information content (AvgIpc) is 2.88. The van der Waals surface area contributed by atoms with Gasteiger partial charge in [-0.05, 0) is 29.0 Å². The highest BCUT2D eigenvalue weighted by Crippen LogP contribution is 2.34. The van der Waals surface area contributed by atoms with Crippen LogP contribution in [-0.4, -0.2) is 51.4 Å². The van der Waals surface area contributed by atoms with Crippen molar-refractivity contribution >= 4 is 33.4 Å². The van der Waals surface area contributed by atoms with Crippen molar-refractivity contribution in [3.8, 4) is 17.3 Å². The first kappa shape index (κ1) is 22.3. The van der Waals surface area contributed by atoms with Crippen molar-refractivity contribution in [2.75, 3.05) is 24.5 Å². The van der Waals surface area contributed by atoms with Crippen molar-refractivity contribution in [3.63, 3.8) is 0 Å². The molecule has 7 nitrogen and oxygen atoms in total. The third kappa shape index (κ3) is 3.93. The third-order valence-electron chi connectivity index (χ3n) is 6.25. The highest BCUT2D eigenvalue weighted by molar-refractivity contribution is 5.99. The lowest BCUT2D eigenvalue weighted by Gasteiger charge is -2.41. The molecule has 0 N–H and O–H groups in total. The number of fused-ring (bicyclic) bond motifs is 2. The van der Waals surface area contributed by atoms with Crippen molar-refractivity contribution in [3.05, 3.63) is 73.2 Å². The van der Waals surface area contributed by atoms with Crippen molar-refractivity contribution in [2.45, 2.75) is 12.5 Å². The van der Waals surface area contributed by atoms with Gasteiger partial charge in [0.25, 0.3) is 0 Å². The molecule has 0 spiro atoms. The van der Waals surface area contributed by atoms with Gasteiger partial charge in [0.05, 0.1) is 23.9 Å². The van der Waals surface area contributed by atoms with Gasteiger partial charge in [-0.1, -0.05) is 30.8 Å². The number of benzene rings is 2. The van der Waals surface area contributed by atoms with Crippen molar-refractivity contribution < 1.29 is 13.6 Å². The molecule has 5 rings (SSSR count). The van der Waals surface area contributed by atoms with E-state index in [2.05, 4.69) is 27.6 Å². The number of anilines is 1. The van der Waals surface area contributed by atoms with Crippen molar-refractivity contribution in [1.82, 2.24) is 19.9 Å². The quantitative estimate of drug-likeness (QED) is 0.415. The summed E-state index contributed by atoms with van der Waals surface area (Å²) in [6, 6.07) is 11.6. The molecule has 0 saturated carbocycles. The summed E-state index contributed by atoms with van der Waals surface area (Å²) in [7, 11) is 0. The largest absolute Gasteiger partial charge is 0.352 e. The van der Waals surface area contributed by atoms with E-state index in [0.717, 1.165) is 0 Å². The van der Waals surface area contributed by atoms with Crippen LogP contribution in [0.1, 0.15) is 6.42 Å². The molecule has 1 amide bonds. The van der Waals surface area contributed by atoms with Crippen LogP contribution in [0.25, 0.3) is 32.9 Å². The summed E-state index contributed by atoms with van der Waals surface area (Å²) >= 11 is 0.